The zero-order chi connectivity index (χ0) is 13.5. The van der Waals surface area contributed by atoms with Crippen molar-refractivity contribution in [3.05, 3.63) is 34.9 Å². The first-order valence-electron chi connectivity index (χ1n) is 7.32. The summed E-state index contributed by atoms with van der Waals surface area (Å²) in [5.74, 6) is 0.460. The van der Waals surface area contributed by atoms with Gasteiger partial charge in [0.2, 0.25) is 0 Å². The van der Waals surface area contributed by atoms with Gasteiger partial charge >= 0.3 is 0 Å². The Kier molecular flexibility index (Phi) is 6.42. The summed E-state index contributed by atoms with van der Waals surface area (Å²) in [5.41, 5.74) is 3.91. The van der Waals surface area contributed by atoms with Crippen LogP contribution in [-0.4, -0.2) is 11.2 Å². The molecule has 0 aromatic heterocycles. The van der Waals surface area contributed by atoms with E-state index in [4.69, 9.17) is 0 Å². The smallest absolute Gasteiger partial charge is 0.0608 e. The van der Waals surface area contributed by atoms with E-state index in [-0.39, 0.29) is 6.10 Å². The number of benzene rings is 1. The fraction of sp³-hybridized carbons (Fsp3) is 0.647. The second-order valence-corrected chi connectivity index (χ2v) is 5.53. The second kappa shape index (κ2) is 7.58. The Morgan fingerprint density at radius 3 is 2.11 bits per heavy atom. The zero-order valence-electron chi connectivity index (χ0n) is 12.4. The quantitative estimate of drug-likeness (QED) is 0.757. The van der Waals surface area contributed by atoms with Crippen LogP contribution in [0.4, 0.5) is 0 Å². The largest absolute Gasteiger partial charge is 0.392 e. The average molecular weight is 248 g/mol. The molecule has 0 heterocycles. The molecular formula is C17H28O. The van der Waals surface area contributed by atoms with Crippen molar-refractivity contribution in [3.8, 4) is 0 Å². The number of hydrogen-bond donors (Lipinski definition) is 1. The molecule has 0 saturated carbocycles. The summed E-state index contributed by atoms with van der Waals surface area (Å²) >= 11 is 0. The molecule has 0 saturated heterocycles. The van der Waals surface area contributed by atoms with Crippen LogP contribution >= 0.6 is 0 Å². The molecule has 1 N–H and O–H groups in total. The van der Waals surface area contributed by atoms with Gasteiger partial charge in [0.05, 0.1) is 6.10 Å². The van der Waals surface area contributed by atoms with Gasteiger partial charge in [0.1, 0.15) is 0 Å². The highest BCUT2D eigenvalue weighted by molar-refractivity contribution is 5.30. The van der Waals surface area contributed by atoms with Gasteiger partial charge in [0.15, 0.2) is 0 Å². The van der Waals surface area contributed by atoms with Gasteiger partial charge in [-0.3, -0.25) is 0 Å². The third-order valence-electron chi connectivity index (χ3n) is 3.88. The van der Waals surface area contributed by atoms with Crippen LogP contribution in [-0.2, 0) is 6.42 Å². The summed E-state index contributed by atoms with van der Waals surface area (Å²) in [6.07, 6.45) is 5.21. The number of aliphatic hydroxyl groups excluding tert-OH is 1. The predicted molar refractivity (Wildman–Crippen MR) is 78.9 cm³/mol. The molecule has 0 bridgehead atoms. The number of hydrogen-bond acceptors (Lipinski definition) is 1. The third kappa shape index (κ3) is 4.45. The summed E-state index contributed by atoms with van der Waals surface area (Å²) < 4.78 is 0. The van der Waals surface area contributed by atoms with E-state index in [1.54, 1.807) is 0 Å². The number of rotatable bonds is 7. The Morgan fingerprint density at radius 1 is 1.00 bits per heavy atom. The lowest BCUT2D eigenvalue weighted by atomic mass is 9.88. The molecule has 1 nitrogen and oxygen atoms in total. The van der Waals surface area contributed by atoms with Gasteiger partial charge in [-0.05, 0) is 55.7 Å². The molecule has 0 aliphatic rings. The highest BCUT2D eigenvalue weighted by Crippen LogP contribution is 2.21. The lowest BCUT2D eigenvalue weighted by molar-refractivity contribution is 0.0963. The van der Waals surface area contributed by atoms with Crippen molar-refractivity contribution in [2.24, 2.45) is 5.92 Å². The van der Waals surface area contributed by atoms with Crippen molar-refractivity contribution in [1.29, 1.82) is 0 Å². The maximum absolute atomic E-state index is 10.4. The normalized spacial score (nSPS) is 13.0. The Hall–Kier alpha value is -0.820. The van der Waals surface area contributed by atoms with Crippen LogP contribution in [0.1, 0.15) is 56.2 Å². The Bertz CT molecular complexity index is 351. The van der Waals surface area contributed by atoms with E-state index >= 15 is 0 Å². The molecule has 0 aliphatic heterocycles. The molecule has 1 heteroatoms. The average Bonchev–Trinajstić information content (AvgIpc) is 2.33. The Morgan fingerprint density at radius 2 is 1.61 bits per heavy atom. The first-order valence-corrected chi connectivity index (χ1v) is 7.32. The van der Waals surface area contributed by atoms with E-state index in [0.29, 0.717) is 5.92 Å². The van der Waals surface area contributed by atoms with Crippen LogP contribution < -0.4 is 0 Å². The van der Waals surface area contributed by atoms with Crippen molar-refractivity contribution in [1.82, 2.24) is 0 Å². The topological polar surface area (TPSA) is 20.2 Å². The standard InChI is InChI=1S/C17H28O/c1-5-7-16(8-6-2)17(18)12-15-10-9-13(3)14(4)11-15/h9-11,16-18H,5-8,12H2,1-4H3. The third-order valence-corrected chi connectivity index (χ3v) is 3.88. The molecule has 1 atom stereocenters. The van der Waals surface area contributed by atoms with Gasteiger partial charge in [-0.2, -0.15) is 0 Å². The number of aliphatic hydroxyl groups is 1. The van der Waals surface area contributed by atoms with Crippen LogP contribution in [0.2, 0.25) is 0 Å². The number of aryl methyl sites for hydroxylation is 2. The SMILES string of the molecule is CCCC(CCC)C(O)Cc1ccc(C)c(C)c1. The van der Waals surface area contributed by atoms with Crippen molar-refractivity contribution in [3.63, 3.8) is 0 Å². The predicted octanol–water partition coefficient (Wildman–Crippen LogP) is 4.42. The molecule has 0 spiro atoms. The minimum Gasteiger partial charge on any atom is -0.392 e. The van der Waals surface area contributed by atoms with Gasteiger partial charge in [-0.15, -0.1) is 0 Å². The van der Waals surface area contributed by atoms with Crippen molar-refractivity contribution >= 4 is 0 Å². The van der Waals surface area contributed by atoms with Crippen LogP contribution in [0.15, 0.2) is 18.2 Å². The molecule has 1 unspecified atom stereocenters. The van der Waals surface area contributed by atoms with E-state index in [1.165, 1.54) is 16.7 Å². The summed E-state index contributed by atoms with van der Waals surface area (Å²) in [6, 6.07) is 6.53. The molecule has 0 radical (unpaired) electrons. The van der Waals surface area contributed by atoms with Crippen LogP contribution in [0.25, 0.3) is 0 Å². The molecule has 1 aromatic rings. The minimum absolute atomic E-state index is 0.188. The summed E-state index contributed by atoms with van der Waals surface area (Å²) in [4.78, 5) is 0. The van der Waals surface area contributed by atoms with E-state index in [2.05, 4.69) is 45.9 Å². The summed E-state index contributed by atoms with van der Waals surface area (Å²) in [5, 5.41) is 10.4. The van der Waals surface area contributed by atoms with Crippen LogP contribution in [0.5, 0.6) is 0 Å². The molecule has 0 fully saturated rings. The fourth-order valence-electron chi connectivity index (χ4n) is 2.61. The highest BCUT2D eigenvalue weighted by atomic mass is 16.3. The lowest BCUT2D eigenvalue weighted by Gasteiger charge is -2.22. The molecule has 1 aromatic carbocycles. The van der Waals surface area contributed by atoms with E-state index in [9.17, 15) is 5.11 Å². The van der Waals surface area contributed by atoms with Gasteiger partial charge in [-0.25, -0.2) is 0 Å². The van der Waals surface area contributed by atoms with E-state index in [0.717, 1.165) is 32.1 Å². The lowest BCUT2D eigenvalue weighted by Crippen LogP contribution is -2.23. The summed E-state index contributed by atoms with van der Waals surface area (Å²) in [6.45, 7) is 8.67. The monoisotopic (exact) mass is 248 g/mol. The van der Waals surface area contributed by atoms with Crippen LogP contribution in [0.3, 0.4) is 0 Å². The molecule has 0 amide bonds. The molecule has 1 rings (SSSR count). The van der Waals surface area contributed by atoms with Crippen molar-refractivity contribution < 1.29 is 5.11 Å². The van der Waals surface area contributed by atoms with E-state index in [1.807, 2.05) is 0 Å². The maximum atomic E-state index is 10.4. The molecule has 0 aliphatic carbocycles. The molecular weight excluding hydrogens is 220 g/mol. The van der Waals surface area contributed by atoms with E-state index < -0.39 is 0 Å². The second-order valence-electron chi connectivity index (χ2n) is 5.53. The first-order chi connectivity index (χ1) is 8.58. The zero-order valence-corrected chi connectivity index (χ0v) is 12.4. The van der Waals surface area contributed by atoms with Gasteiger partial charge < -0.3 is 5.11 Å². The van der Waals surface area contributed by atoms with Gasteiger partial charge in [-0.1, -0.05) is 44.9 Å². The first kappa shape index (κ1) is 15.2. The van der Waals surface area contributed by atoms with Gasteiger partial charge in [0, 0.05) is 0 Å². The maximum Gasteiger partial charge on any atom is 0.0608 e. The Balaban J connectivity index is 2.66. The summed E-state index contributed by atoms with van der Waals surface area (Å²) in [7, 11) is 0. The van der Waals surface area contributed by atoms with Gasteiger partial charge in [0.25, 0.3) is 0 Å². The highest BCUT2D eigenvalue weighted by Gasteiger charge is 2.18. The molecule has 102 valence electrons. The van der Waals surface area contributed by atoms with Crippen LogP contribution in [0, 0.1) is 19.8 Å². The molecule has 18 heavy (non-hydrogen) atoms. The van der Waals surface area contributed by atoms with Crippen molar-refractivity contribution in [2.45, 2.75) is 65.9 Å². The Labute approximate surface area is 112 Å². The van der Waals surface area contributed by atoms with Crippen molar-refractivity contribution in [2.75, 3.05) is 0 Å². The minimum atomic E-state index is -0.188. The fourth-order valence-corrected chi connectivity index (χ4v) is 2.61.